The van der Waals surface area contributed by atoms with E-state index >= 15 is 0 Å². The van der Waals surface area contributed by atoms with E-state index < -0.39 is 31.0 Å². The lowest BCUT2D eigenvalue weighted by atomic mass is 10.0. The summed E-state index contributed by atoms with van der Waals surface area (Å²) >= 11 is 0. The van der Waals surface area contributed by atoms with Crippen LogP contribution in [0.25, 0.3) is 0 Å². The van der Waals surface area contributed by atoms with Crippen LogP contribution in [0.3, 0.4) is 0 Å². The minimum absolute atomic E-state index is 0.0484. The topological polar surface area (TPSA) is 85.1 Å². The summed E-state index contributed by atoms with van der Waals surface area (Å²) < 4.78 is 57.6. The standard InChI is InChI=1S/C32H34N2O5/c1-24(19-25-13-16-29(38-2)17-14-25)33(21-26-9-5-3-6-10-26)22-31(35)28-15-18-32(30(20-28)34(36)37)39-23-27-11-7-4-8-12-27/h3-18,20,24,31,35H,19,21-23H2,1-2H3/i1D3,2D3. The van der Waals surface area contributed by atoms with Crippen molar-refractivity contribution in [1.29, 1.82) is 0 Å². The van der Waals surface area contributed by atoms with Crippen molar-refractivity contribution in [2.45, 2.75) is 38.6 Å². The zero-order chi connectivity index (χ0) is 32.6. The van der Waals surface area contributed by atoms with Crippen LogP contribution in [0.1, 0.15) is 43.4 Å². The zero-order valence-corrected chi connectivity index (χ0v) is 21.3. The quantitative estimate of drug-likeness (QED) is 0.160. The first-order valence-corrected chi connectivity index (χ1v) is 12.5. The maximum absolute atomic E-state index is 11.9. The monoisotopic (exact) mass is 532 g/mol. The van der Waals surface area contributed by atoms with E-state index in [4.69, 9.17) is 17.7 Å². The van der Waals surface area contributed by atoms with Gasteiger partial charge in [0.1, 0.15) is 12.4 Å². The van der Waals surface area contributed by atoms with Gasteiger partial charge in [0.2, 0.25) is 0 Å². The Morgan fingerprint density at radius 2 is 1.62 bits per heavy atom. The highest BCUT2D eigenvalue weighted by Crippen LogP contribution is 2.32. The Bertz CT molecular complexity index is 1530. The zero-order valence-electron chi connectivity index (χ0n) is 27.3. The maximum Gasteiger partial charge on any atom is 0.311 e. The largest absolute Gasteiger partial charge is 0.497 e. The van der Waals surface area contributed by atoms with Crippen LogP contribution in [0, 0.1) is 10.1 Å². The molecule has 0 bridgehead atoms. The van der Waals surface area contributed by atoms with E-state index in [-0.39, 0.29) is 48.9 Å². The smallest absolute Gasteiger partial charge is 0.311 e. The number of hydrogen-bond acceptors (Lipinski definition) is 6. The molecule has 2 unspecified atom stereocenters. The molecule has 0 amide bonds. The van der Waals surface area contributed by atoms with Crippen molar-refractivity contribution in [3.05, 3.63) is 135 Å². The van der Waals surface area contributed by atoms with Crippen molar-refractivity contribution in [2.75, 3.05) is 13.6 Å². The molecule has 2 atom stereocenters. The van der Waals surface area contributed by atoms with Gasteiger partial charge in [-0.25, -0.2) is 0 Å². The molecule has 1 N–H and O–H groups in total. The molecular weight excluding hydrogens is 492 g/mol. The number of hydrogen-bond donors (Lipinski definition) is 1. The fourth-order valence-corrected chi connectivity index (χ4v) is 4.24. The van der Waals surface area contributed by atoms with Crippen LogP contribution in [0.5, 0.6) is 11.5 Å². The molecule has 4 aromatic carbocycles. The predicted octanol–water partition coefficient (Wildman–Crippen LogP) is 6.35. The molecule has 4 aromatic rings. The molecule has 0 saturated carbocycles. The summed E-state index contributed by atoms with van der Waals surface area (Å²) in [6.07, 6.45) is -1.22. The summed E-state index contributed by atoms with van der Waals surface area (Å²) in [5.41, 5.74) is 2.20. The van der Waals surface area contributed by atoms with Crippen molar-refractivity contribution >= 4 is 5.69 Å². The van der Waals surface area contributed by atoms with Crippen LogP contribution in [0.2, 0.25) is 0 Å². The van der Waals surface area contributed by atoms with Gasteiger partial charge in [0.15, 0.2) is 5.75 Å². The number of aliphatic hydroxyl groups excluding tert-OH is 1. The number of aliphatic hydroxyl groups is 1. The van der Waals surface area contributed by atoms with Crippen molar-refractivity contribution in [3.63, 3.8) is 0 Å². The Morgan fingerprint density at radius 3 is 2.26 bits per heavy atom. The fourth-order valence-electron chi connectivity index (χ4n) is 4.24. The highest BCUT2D eigenvalue weighted by molar-refractivity contribution is 5.49. The minimum Gasteiger partial charge on any atom is -0.497 e. The van der Waals surface area contributed by atoms with Crippen LogP contribution in [0.15, 0.2) is 103 Å². The molecule has 0 aliphatic carbocycles. The van der Waals surface area contributed by atoms with Crippen LogP contribution in [-0.4, -0.2) is 34.6 Å². The number of nitrogens with zero attached hydrogens (tertiary/aromatic N) is 2. The highest BCUT2D eigenvalue weighted by atomic mass is 16.6. The van der Waals surface area contributed by atoms with Gasteiger partial charge in [-0.3, -0.25) is 15.0 Å². The molecule has 39 heavy (non-hydrogen) atoms. The summed E-state index contributed by atoms with van der Waals surface area (Å²) in [5, 5.41) is 23.3. The van der Waals surface area contributed by atoms with Gasteiger partial charge >= 0.3 is 5.69 Å². The molecule has 0 saturated heterocycles. The van der Waals surface area contributed by atoms with Gasteiger partial charge in [-0.2, -0.15) is 0 Å². The first-order valence-electron chi connectivity index (χ1n) is 15.5. The molecule has 0 radical (unpaired) electrons. The van der Waals surface area contributed by atoms with E-state index in [1.54, 1.807) is 17.0 Å². The van der Waals surface area contributed by atoms with Crippen molar-refractivity contribution < 1.29 is 27.7 Å². The molecule has 4 rings (SSSR count). The third kappa shape index (κ3) is 7.89. The Labute approximate surface area is 237 Å². The first-order chi connectivity index (χ1) is 21.3. The number of ether oxygens (including phenoxy) is 2. The van der Waals surface area contributed by atoms with Gasteiger partial charge in [-0.15, -0.1) is 0 Å². The van der Waals surface area contributed by atoms with E-state index in [1.165, 1.54) is 30.3 Å². The molecule has 0 aromatic heterocycles. The minimum atomic E-state index is -2.62. The lowest BCUT2D eigenvalue weighted by molar-refractivity contribution is -0.386. The van der Waals surface area contributed by atoms with Gasteiger partial charge in [0.25, 0.3) is 0 Å². The van der Waals surface area contributed by atoms with Gasteiger partial charge < -0.3 is 14.6 Å². The average Bonchev–Trinajstić information content (AvgIpc) is 2.99. The summed E-state index contributed by atoms with van der Waals surface area (Å²) in [4.78, 5) is 13.0. The Balaban J connectivity index is 1.59. The molecule has 0 spiro atoms. The Morgan fingerprint density at radius 1 is 0.923 bits per heavy atom. The van der Waals surface area contributed by atoms with Crippen LogP contribution >= 0.6 is 0 Å². The molecule has 0 aliphatic heterocycles. The molecule has 7 nitrogen and oxygen atoms in total. The predicted molar refractivity (Wildman–Crippen MR) is 152 cm³/mol. The van der Waals surface area contributed by atoms with E-state index in [0.29, 0.717) is 5.56 Å². The number of nitro benzene ring substituents is 1. The Kier molecular flexibility index (Phi) is 7.20. The molecule has 0 heterocycles. The van der Waals surface area contributed by atoms with E-state index in [1.807, 2.05) is 60.7 Å². The van der Waals surface area contributed by atoms with Crippen LogP contribution in [-0.2, 0) is 19.6 Å². The first kappa shape index (κ1) is 20.7. The Hall–Kier alpha value is -4.20. The molecule has 0 fully saturated rings. The van der Waals surface area contributed by atoms with Crippen molar-refractivity contribution in [3.8, 4) is 11.5 Å². The molecular formula is C32H34N2O5. The van der Waals surface area contributed by atoms with Crippen LogP contribution in [0.4, 0.5) is 5.69 Å². The van der Waals surface area contributed by atoms with E-state index in [2.05, 4.69) is 0 Å². The third-order valence-corrected chi connectivity index (χ3v) is 6.35. The second kappa shape index (κ2) is 13.6. The number of nitro groups is 1. The van der Waals surface area contributed by atoms with Gasteiger partial charge in [-0.1, -0.05) is 78.9 Å². The van der Waals surface area contributed by atoms with Gasteiger partial charge in [0, 0.05) is 29.3 Å². The van der Waals surface area contributed by atoms with Crippen molar-refractivity contribution in [1.82, 2.24) is 4.90 Å². The van der Waals surface area contributed by atoms with E-state index in [9.17, 15) is 15.2 Å². The molecule has 0 aliphatic rings. The van der Waals surface area contributed by atoms with E-state index in [0.717, 1.165) is 11.1 Å². The van der Waals surface area contributed by atoms with Crippen LogP contribution < -0.4 is 9.47 Å². The number of methoxy groups -OCH3 is 1. The lowest BCUT2D eigenvalue weighted by Crippen LogP contribution is -2.37. The second-order valence-electron chi connectivity index (χ2n) is 9.16. The molecule has 7 heteroatoms. The lowest BCUT2D eigenvalue weighted by Gasteiger charge is -2.31. The van der Waals surface area contributed by atoms with Crippen molar-refractivity contribution in [2.24, 2.45) is 0 Å². The summed E-state index contributed by atoms with van der Waals surface area (Å²) in [6.45, 7) is -2.32. The number of benzene rings is 4. The SMILES string of the molecule is [2H]C([2H])([2H])Oc1ccc(CC(N(Cc2ccccc2)CC(O)c2ccc(OCc3ccccc3)c([N+](=O)[O-])c2)C([2H])([2H])[2H])cc1. The number of rotatable bonds is 13. The summed E-state index contributed by atoms with van der Waals surface area (Å²) in [5.74, 6) is 0.172. The highest BCUT2D eigenvalue weighted by Gasteiger charge is 2.23. The summed E-state index contributed by atoms with van der Waals surface area (Å²) in [6, 6.07) is 27.7. The molecule has 202 valence electrons. The normalized spacial score (nSPS) is 15.5. The second-order valence-corrected chi connectivity index (χ2v) is 9.16. The average molecular weight is 533 g/mol. The van der Waals surface area contributed by atoms with Gasteiger partial charge in [0.05, 0.1) is 22.2 Å². The third-order valence-electron chi connectivity index (χ3n) is 6.35. The fraction of sp³-hybridized carbons (Fsp3) is 0.250. The van der Waals surface area contributed by atoms with Gasteiger partial charge in [-0.05, 0) is 53.7 Å². The maximum atomic E-state index is 11.9. The summed E-state index contributed by atoms with van der Waals surface area (Å²) in [7, 11) is -2.62.